The van der Waals surface area contributed by atoms with Crippen molar-refractivity contribution in [3.05, 3.63) is 42.0 Å². The molecule has 0 heterocycles. The number of carbonyl (C=O) groups is 1. The van der Waals surface area contributed by atoms with Crippen LogP contribution in [0.25, 0.3) is 10.8 Å². The zero-order chi connectivity index (χ0) is 16.7. The van der Waals surface area contributed by atoms with E-state index in [2.05, 4.69) is 13.8 Å². The molecule has 4 heteroatoms. The number of fused-ring (bicyclic) bond motifs is 1. The lowest BCUT2D eigenvalue weighted by Crippen LogP contribution is -2.36. The quantitative estimate of drug-likeness (QED) is 0.752. The molecule has 0 bridgehead atoms. The molecular formula is C19H24N2O2. The molecule has 0 radical (unpaired) electrons. The van der Waals surface area contributed by atoms with Gasteiger partial charge in [0, 0.05) is 30.3 Å². The lowest BCUT2D eigenvalue weighted by molar-refractivity contribution is -0.133. The molecular weight excluding hydrogens is 288 g/mol. The predicted octanol–water partition coefficient (Wildman–Crippen LogP) is 3.86. The van der Waals surface area contributed by atoms with Crippen LogP contribution >= 0.6 is 0 Å². The molecule has 0 atom stereocenters. The molecule has 2 rings (SSSR count). The minimum atomic E-state index is 0.0221. The van der Waals surface area contributed by atoms with Gasteiger partial charge in [0.2, 0.25) is 0 Å². The summed E-state index contributed by atoms with van der Waals surface area (Å²) in [5.74, 6) is 0.710. The number of rotatable bonds is 8. The second-order valence-corrected chi connectivity index (χ2v) is 5.51. The highest BCUT2D eigenvalue weighted by molar-refractivity contribution is 6.01. The van der Waals surface area contributed by atoms with Crippen LogP contribution in [0.4, 0.5) is 0 Å². The molecule has 4 nitrogen and oxygen atoms in total. The van der Waals surface area contributed by atoms with Gasteiger partial charge in [-0.3, -0.25) is 4.79 Å². The fraction of sp³-hybridized carbons (Fsp3) is 0.368. The van der Waals surface area contributed by atoms with Gasteiger partial charge < -0.3 is 15.0 Å². The zero-order valence-corrected chi connectivity index (χ0v) is 13.8. The highest BCUT2D eigenvalue weighted by Gasteiger charge is 2.13. The first-order chi connectivity index (χ1) is 11.2. The Hall–Kier alpha value is -2.36. The molecule has 0 spiro atoms. The maximum atomic E-state index is 12.3. The molecule has 23 heavy (non-hydrogen) atoms. The number of ether oxygens (including phenoxy) is 1. The summed E-state index contributed by atoms with van der Waals surface area (Å²) in [6, 6.07) is 11.5. The van der Waals surface area contributed by atoms with Crippen LogP contribution in [0.15, 0.2) is 36.4 Å². The van der Waals surface area contributed by atoms with Crippen molar-refractivity contribution in [2.75, 3.05) is 19.7 Å². The topological polar surface area (TPSA) is 53.4 Å². The molecule has 0 aromatic heterocycles. The largest absolute Gasteiger partial charge is 0.483 e. The molecule has 122 valence electrons. The highest BCUT2D eigenvalue weighted by Crippen LogP contribution is 2.27. The second-order valence-electron chi connectivity index (χ2n) is 5.51. The number of nitrogens with zero attached hydrogens (tertiary/aromatic N) is 1. The van der Waals surface area contributed by atoms with Crippen molar-refractivity contribution in [2.24, 2.45) is 0 Å². The average molecular weight is 312 g/mol. The van der Waals surface area contributed by atoms with Crippen molar-refractivity contribution in [3.63, 3.8) is 0 Å². The molecule has 2 aromatic carbocycles. The van der Waals surface area contributed by atoms with Crippen molar-refractivity contribution in [3.8, 4) is 5.75 Å². The molecule has 0 aliphatic heterocycles. The number of carbonyl (C=O) groups excluding carboxylic acids is 1. The van der Waals surface area contributed by atoms with Crippen molar-refractivity contribution < 1.29 is 9.53 Å². The van der Waals surface area contributed by atoms with Crippen LogP contribution in [0.5, 0.6) is 5.75 Å². The summed E-state index contributed by atoms with van der Waals surface area (Å²) in [6.07, 6.45) is 3.23. The number of hydrogen-bond donors (Lipinski definition) is 1. The van der Waals surface area contributed by atoms with E-state index in [1.165, 1.54) is 6.21 Å². The minimum Gasteiger partial charge on any atom is -0.483 e. The summed E-state index contributed by atoms with van der Waals surface area (Å²) >= 11 is 0. The average Bonchev–Trinajstić information content (AvgIpc) is 2.59. The monoisotopic (exact) mass is 312 g/mol. The Morgan fingerprint density at radius 3 is 2.35 bits per heavy atom. The fourth-order valence-corrected chi connectivity index (χ4v) is 2.68. The third-order valence-corrected chi connectivity index (χ3v) is 3.76. The van der Waals surface area contributed by atoms with Crippen LogP contribution in [0.3, 0.4) is 0 Å². The molecule has 1 amide bonds. The smallest absolute Gasteiger partial charge is 0.260 e. The summed E-state index contributed by atoms with van der Waals surface area (Å²) < 4.78 is 5.79. The lowest BCUT2D eigenvalue weighted by Gasteiger charge is -2.21. The lowest BCUT2D eigenvalue weighted by atomic mass is 10.0. The summed E-state index contributed by atoms with van der Waals surface area (Å²) in [5, 5.41) is 9.38. The molecule has 0 unspecified atom stereocenters. The molecule has 0 saturated heterocycles. The van der Waals surface area contributed by atoms with Crippen LogP contribution in [0, 0.1) is 5.41 Å². The van der Waals surface area contributed by atoms with Gasteiger partial charge >= 0.3 is 0 Å². The highest BCUT2D eigenvalue weighted by atomic mass is 16.5. The van der Waals surface area contributed by atoms with E-state index in [1.54, 1.807) is 0 Å². The molecule has 0 saturated carbocycles. The zero-order valence-electron chi connectivity index (χ0n) is 13.8. The van der Waals surface area contributed by atoms with E-state index in [9.17, 15) is 4.79 Å². The van der Waals surface area contributed by atoms with Crippen LogP contribution in [-0.4, -0.2) is 36.7 Å². The van der Waals surface area contributed by atoms with E-state index in [4.69, 9.17) is 10.1 Å². The van der Waals surface area contributed by atoms with Gasteiger partial charge in [0.1, 0.15) is 5.75 Å². The first-order valence-corrected chi connectivity index (χ1v) is 8.14. The van der Waals surface area contributed by atoms with Crippen LogP contribution < -0.4 is 4.74 Å². The van der Waals surface area contributed by atoms with Gasteiger partial charge in [0.25, 0.3) is 5.91 Å². The van der Waals surface area contributed by atoms with Crippen LogP contribution in [-0.2, 0) is 4.79 Å². The van der Waals surface area contributed by atoms with E-state index >= 15 is 0 Å². The Balaban J connectivity index is 2.16. The summed E-state index contributed by atoms with van der Waals surface area (Å²) in [5.41, 5.74) is 0.845. The van der Waals surface area contributed by atoms with Gasteiger partial charge in [-0.25, -0.2) is 0 Å². The standard InChI is InChI=1S/C19H24N2O2/c1-3-11-21(12-4-2)19(22)14-23-18-10-9-15(13-20)16-7-5-6-8-17(16)18/h5-10,13,20H,3-4,11-12,14H2,1-2H3. The van der Waals surface area contributed by atoms with E-state index in [0.717, 1.165) is 42.3 Å². The van der Waals surface area contributed by atoms with E-state index in [0.29, 0.717) is 5.75 Å². The molecule has 0 fully saturated rings. The molecule has 1 N–H and O–H groups in total. The first kappa shape index (κ1) is 17.0. The van der Waals surface area contributed by atoms with Gasteiger partial charge in [-0.2, -0.15) is 0 Å². The Kier molecular flexibility index (Phi) is 6.15. The molecule has 0 aliphatic rings. The Labute approximate surface area is 137 Å². The summed E-state index contributed by atoms with van der Waals surface area (Å²) in [6.45, 7) is 5.72. The number of hydrogen-bond acceptors (Lipinski definition) is 3. The third kappa shape index (κ3) is 4.09. The summed E-state index contributed by atoms with van der Waals surface area (Å²) in [4.78, 5) is 14.2. The van der Waals surface area contributed by atoms with Gasteiger partial charge in [0.15, 0.2) is 6.61 Å². The van der Waals surface area contributed by atoms with Crippen molar-refractivity contribution >= 4 is 22.9 Å². The minimum absolute atomic E-state index is 0.0221. The van der Waals surface area contributed by atoms with Crippen LogP contribution in [0.1, 0.15) is 32.3 Å². The van der Waals surface area contributed by atoms with Crippen LogP contribution in [0.2, 0.25) is 0 Å². The van der Waals surface area contributed by atoms with Gasteiger partial charge in [0.05, 0.1) is 0 Å². The van der Waals surface area contributed by atoms with Gasteiger partial charge in [-0.05, 0) is 30.4 Å². The maximum absolute atomic E-state index is 12.3. The number of benzene rings is 2. The SMILES string of the molecule is CCCN(CCC)C(=O)COc1ccc(C=N)c2ccccc12. The Bertz CT molecular complexity index is 676. The molecule has 0 aliphatic carbocycles. The van der Waals surface area contributed by atoms with Crippen molar-refractivity contribution in [1.29, 1.82) is 5.41 Å². The predicted molar refractivity (Wildman–Crippen MR) is 94.5 cm³/mol. The van der Waals surface area contributed by atoms with E-state index in [1.807, 2.05) is 41.3 Å². The fourth-order valence-electron chi connectivity index (χ4n) is 2.68. The third-order valence-electron chi connectivity index (χ3n) is 3.76. The maximum Gasteiger partial charge on any atom is 0.260 e. The number of amides is 1. The van der Waals surface area contributed by atoms with E-state index in [-0.39, 0.29) is 12.5 Å². The van der Waals surface area contributed by atoms with Crippen molar-refractivity contribution in [1.82, 2.24) is 4.90 Å². The number of nitrogens with one attached hydrogen (secondary N) is 1. The second kappa shape index (κ2) is 8.32. The van der Waals surface area contributed by atoms with Gasteiger partial charge in [-0.1, -0.05) is 38.1 Å². The normalized spacial score (nSPS) is 10.5. The van der Waals surface area contributed by atoms with E-state index < -0.39 is 0 Å². The van der Waals surface area contributed by atoms with Gasteiger partial charge in [-0.15, -0.1) is 0 Å². The Morgan fingerprint density at radius 2 is 1.74 bits per heavy atom. The molecule has 2 aromatic rings. The first-order valence-electron chi connectivity index (χ1n) is 8.14. The van der Waals surface area contributed by atoms with Crippen molar-refractivity contribution in [2.45, 2.75) is 26.7 Å². The summed E-state index contributed by atoms with van der Waals surface area (Å²) in [7, 11) is 0. The Morgan fingerprint density at radius 1 is 1.09 bits per heavy atom.